The van der Waals surface area contributed by atoms with Gasteiger partial charge in [-0.05, 0) is 38.4 Å². The van der Waals surface area contributed by atoms with Gasteiger partial charge in [-0.2, -0.15) is 0 Å². The van der Waals surface area contributed by atoms with Crippen LogP contribution in [0.25, 0.3) is 0 Å². The smallest absolute Gasteiger partial charge is 0.310 e. The monoisotopic (exact) mass is 350 g/mol. The average molecular weight is 350 g/mol. The Balaban J connectivity index is 1.92. The first kappa shape index (κ1) is 19.1. The Kier molecular flexibility index (Phi) is 7.06. The molecule has 1 heterocycles. The highest BCUT2D eigenvalue weighted by Gasteiger charge is 2.27. The predicted octanol–water partition coefficient (Wildman–Crippen LogP) is 1.92. The second-order valence-corrected chi connectivity index (χ2v) is 5.94. The molecule has 2 rings (SSSR count). The SMILES string of the molecule is CCOC(=O)[C@H]1CCCN(CC(=O)Nc2ccc(OC)cc2OC)C1. The summed E-state index contributed by atoms with van der Waals surface area (Å²) in [7, 11) is 3.11. The summed E-state index contributed by atoms with van der Waals surface area (Å²) in [4.78, 5) is 26.2. The molecule has 0 unspecified atom stereocenters. The second kappa shape index (κ2) is 9.27. The lowest BCUT2D eigenvalue weighted by molar-refractivity contribution is -0.150. The van der Waals surface area contributed by atoms with Gasteiger partial charge in [0.1, 0.15) is 11.5 Å². The Morgan fingerprint density at radius 3 is 2.76 bits per heavy atom. The highest BCUT2D eigenvalue weighted by molar-refractivity contribution is 5.93. The van der Waals surface area contributed by atoms with Gasteiger partial charge < -0.3 is 19.5 Å². The molecule has 1 aromatic carbocycles. The number of nitrogens with zero attached hydrogens (tertiary/aromatic N) is 1. The molecule has 0 bridgehead atoms. The zero-order chi connectivity index (χ0) is 18.2. The van der Waals surface area contributed by atoms with Crippen molar-refractivity contribution in [1.29, 1.82) is 0 Å². The van der Waals surface area contributed by atoms with Crippen LogP contribution in [0.15, 0.2) is 18.2 Å². The Labute approximate surface area is 148 Å². The standard InChI is InChI=1S/C18H26N2O5/c1-4-25-18(22)13-6-5-9-20(11-13)12-17(21)19-15-8-7-14(23-2)10-16(15)24-3/h7-8,10,13H,4-6,9,11-12H2,1-3H3,(H,19,21)/t13-/m0/s1. The number of methoxy groups -OCH3 is 2. The maximum absolute atomic E-state index is 12.3. The van der Waals surface area contributed by atoms with Crippen molar-refractivity contribution in [2.24, 2.45) is 5.92 Å². The predicted molar refractivity (Wildman–Crippen MR) is 94.0 cm³/mol. The molecule has 0 saturated carbocycles. The lowest BCUT2D eigenvalue weighted by atomic mass is 9.98. The number of likely N-dealkylation sites (tertiary alicyclic amines) is 1. The van der Waals surface area contributed by atoms with Gasteiger partial charge in [0.15, 0.2) is 0 Å². The number of rotatable bonds is 7. The molecule has 1 fully saturated rings. The topological polar surface area (TPSA) is 77.1 Å². The van der Waals surface area contributed by atoms with Crippen LogP contribution < -0.4 is 14.8 Å². The molecule has 0 aromatic heterocycles. The number of carbonyl (C=O) groups is 2. The molecule has 1 N–H and O–H groups in total. The van der Waals surface area contributed by atoms with E-state index >= 15 is 0 Å². The summed E-state index contributed by atoms with van der Waals surface area (Å²) in [6, 6.07) is 5.22. The van der Waals surface area contributed by atoms with Crippen LogP contribution in [0.2, 0.25) is 0 Å². The molecular weight excluding hydrogens is 324 g/mol. The van der Waals surface area contributed by atoms with Crippen molar-refractivity contribution in [3.8, 4) is 11.5 Å². The number of nitrogens with one attached hydrogen (secondary N) is 1. The van der Waals surface area contributed by atoms with E-state index in [0.29, 0.717) is 30.3 Å². The van der Waals surface area contributed by atoms with Gasteiger partial charge in [-0.3, -0.25) is 14.5 Å². The molecule has 0 radical (unpaired) electrons. The summed E-state index contributed by atoms with van der Waals surface area (Å²) in [6.45, 7) is 3.75. The maximum atomic E-state index is 12.3. The number of piperidine rings is 1. The van der Waals surface area contributed by atoms with Crippen LogP contribution in [0.1, 0.15) is 19.8 Å². The Hall–Kier alpha value is -2.28. The molecule has 0 spiro atoms. The third-order valence-electron chi connectivity index (χ3n) is 4.18. The minimum atomic E-state index is -0.176. The highest BCUT2D eigenvalue weighted by atomic mass is 16.5. The van der Waals surface area contributed by atoms with E-state index in [4.69, 9.17) is 14.2 Å². The normalized spacial score (nSPS) is 17.6. The van der Waals surface area contributed by atoms with Crippen molar-refractivity contribution in [2.45, 2.75) is 19.8 Å². The molecule has 1 saturated heterocycles. The number of hydrogen-bond donors (Lipinski definition) is 1. The Bertz CT molecular complexity index is 605. The van der Waals surface area contributed by atoms with Gasteiger partial charge >= 0.3 is 5.97 Å². The van der Waals surface area contributed by atoms with Crippen LogP contribution in [0.4, 0.5) is 5.69 Å². The van der Waals surface area contributed by atoms with E-state index in [2.05, 4.69) is 5.32 Å². The molecule has 1 aliphatic rings. The summed E-state index contributed by atoms with van der Waals surface area (Å²) >= 11 is 0. The van der Waals surface area contributed by atoms with E-state index in [1.54, 1.807) is 39.3 Å². The first-order valence-electron chi connectivity index (χ1n) is 8.48. The number of hydrogen-bond acceptors (Lipinski definition) is 6. The minimum Gasteiger partial charge on any atom is -0.497 e. The first-order valence-corrected chi connectivity index (χ1v) is 8.48. The van der Waals surface area contributed by atoms with Gasteiger partial charge in [-0.25, -0.2) is 0 Å². The number of amides is 1. The Morgan fingerprint density at radius 1 is 1.28 bits per heavy atom. The van der Waals surface area contributed by atoms with Crippen molar-refractivity contribution < 1.29 is 23.8 Å². The summed E-state index contributed by atoms with van der Waals surface area (Å²) in [5.41, 5.74) is 0.590. The summed E-state index contributed by atoms with van der Waals surface area (Å²) < 4.78 is 15.5. The van der Waals surface area contributed by atoms with E-state index < -0.39 is 0 Å². The fraction of sp³-hybridized carbons (Fsp3) is 0.556. The van der Waals surface area contributed by atoms with Gasteiger partial charge in [0.05, 0.1) is 39.0 Å². The zero-order valence-corrected chi connectivity index (χ0v) is 15.0. The van der Waals surface area contributed by atoms with Gasteiger partial charge in [-0.15, -0.1) is 0 Å². The molecule has 1 aliphatic heterocycles. The lowest BCUT2D eigenvalue weighted by Crippen LogP contribution is -2.43. The number of esters is 1. The van der Waals surface area contributed by atoms with Crippen LogP contribution in [-0.2, 0) is 14.3 Å². The number of benzene rings is 1. The van der Waals surface area contributed by atoms with Crippen molar-refractivity contribution in [3.63, 3.8) is 0 Å². The van der Waals surface area contributed by atoms with Gasteiger partial charge in [0.25, 0.3) is 0 Å². The highest BCUT2D eigenvalue weighted by Crippen LogP contribution is 2.29. The molecule has 1 aromatic rings. The van der Waals surface area contributed by atoms with E-state index in [1.807, 2.05) is 4.90 Å². The molecule has 138 valence electrons. The number of carbonyl (C=O) groups excluding carboxylic acids is 2. The first-order chi connectivity index (χ1) is 12.1. The second-order valence-electron chi connectivity index (χ2n) is 5.94. The maximum Gasteiger partial charge on any atom is 0.310 e. The van der Waals surface area contributed by atoms with Crippen molar-refractivity contribution in [2.75, 3.05) is 45.8 Å². The van der Waals surface area contributed by atoms with Crippen LogP contribution in [0.5, 0.6) is 11.5 Å². The van der Waals surface area contributed by atoms with Crippen LogP contribution in [-0.4, -0.2) is 57.2 Å². The van der Waals surface area contributed by atoms with Gasteiger partial charge in [0.2, 0.25) is 5.91 Å². The fourth-order valence-electron chi connectivity index (χ4n) is 2.95. The third kappa shape index (κ3) is 5.35. The van der Waals surface area contributed by atoms with Crippen LogP contribution in [0.3, 0.4) is 0 Å². The molecular formula is C18H26N2O5. The average Bonchev–Trinajstić information content (AvgIpc) is 2.62. The van der Waals surface area contributed by atoms with Crippen molar-refractivity contribution in [1.82, 2.24) is 4.90 Å². The van der Waals surface area contributed by atoms with E-state index in [9.17, 15) is 9.59 Å². The summed E-state index contributed by atoms with van der Waals surface area (Å²) in [5, 5.41) is 2.85. The quantitative estimate of drug-likeness (QED) is 0.757. The van der Waals surface area contributed by atoms with E-state index in [1.165, 1.54) is 0 Å². The fourth-order valence-corrected chi connectivity index (χ4v) is 2.95. The Morgan fingerprint density at radius 2 is 2.08 bits per heavy atom. The number of anilines is 1. The molecule has 1 atom stereocenters. The van der Waals surface area contributed by atoms with E-state index in [0.717, 1.165) is 19.4 Å². The summed E-state index contributed by atoms with van der Waals surface area (Å²) in [5.74, 6) is 0.716. The van der Waals surface area contributed by atoms with E-state index in [-0.39, 0.29) is 24.3 Å². The lowest BCUT2D eigenvalue weighted by Gasteiger charge is -2.30. The van der Waals surface area contributed by atoms with Crippen molar-refractivity contribution >= 4 is 17.6 Å². The minimum absolute atomic E-state index is 0.145. The molecule has 0 aliphatic carbocycles. The molecule has 7 heteroatoms. The number of ether oxygens (including phenoxy) is 3. The van der Waals surface area contributed by atoms with Crippen LogP contribution >= 0.6 is 0 Å². The third-order valence-corrected chi connectivity index (χ3v) is 4.18. The van der Waals surface area contributed by atoms with Gasteiger partial charge in [-0.1, -0.05) is 0 Å². The summed E-state index contributed by atoms with van der Waals surface area (Å²) in [6.07, 6.45) is 1.69. The molecule has 25 heavy (non-hydrogen) atoms. The van der Waals surface area contributed by atoms with Crippen molar-refractivity contribution in [3.05, 3.63) is 18.2 Å². The molecule has 1 amide bonds. The molecule has 7 nitrogen and oxygen atoms in total. The zero-order valence-electron chi connectivity index (χ0n) is 15.0. The largest absolute Gasteiger partial charge is 0.497 e. The van der Waals surface area contributed by atoms with Gasteiger partial charge in [0, 0.05) is 12.6 Å². The van der Waals surface area contributed by atoms with Crippen LogP contribution in [0, 0.1) is 5.92 Å².